The van der Waals surface area contributed by atoms with Gasteiger partial charge in [0, 0.05) is 22.1 Å². The maximum atomic E-state index is 11.3. The van der Waals surface area contributed by atoms with Crippen molar-refractivity contribution in [2.75, 3.05) is 0 Å². The maximum absolute atomic E-state index is 11.3. The summed E-state index contributed by atoms with van der Waals surface area (Å²) in [6, 6.07) is 9.21. The molecule has 29 heavy (non-hydrogen) atoms. The lowest BCUT2D eigenvalue weighted by Crippen LogP contribution is -1.99. The molecule has 3 aromatic rings. The van der Waals surface area contributed by atoms with Crippen LogP contribution in [0.15, 0.2) is 33.7 Å². The Morgan fingerprint density at radius 2 is 2.03 bits per heavy atom. The first-order valence-corrected chi connectivity index (χ1v) is 10.2. The van der Waals surface area contributed by atoms with Gasteiger partial charge in [-0.1, -0.05) is 0 Å². The molecule has 0 saturated heterocycles. The lowest BCUT2D eigenvalue weighted by atomic mass is 9.96. The molecule has 0 fully saturated rings. The fraction of sp³-hybridized carbons (Fsp3) is 0.273. The van der Waals surface area contributed by atoms with Gasteiger partial charge in [-0.3, -0.25) is 10.1 Å². The summed E-state index contributed by atoms with van der Waals surface area (Å²) in [6.45, 7) is 3.63. The van der Waals surface area contributed by atoms with Gasteiger partial charge in [0.05, 0.1) is 16.7 Å². The Morgan fingerprint density at radius 3 is 2.79 bits per heavy atom. The van der Waals surface area contributed by atoms with Crippen molar-refractivity contribution in [2.45, 2.75) is 39.5 Å². The van der Waals surface area contributed by atoms with Crippen molar-refractivity contribution in [3.63, 3.8) is 0 Å². The van der Waals surface area contributed by atoms with Gasteiger partial charge in [0.25, 0.3) is 5.69 Å². The van der Waals surface area contributed by atoms with Crippen LogP contribution in [0.3, 0.4) is 0 Å². The van der Waals surface area contributed by atoms with Crippen LogP contribution in [0.4, 0.5) is 10.7 Å². The fourth-order valence-corrected chi connectivity index (χ4v) is 4.93. The van der Waals surface area contributed by atoms with Crippen molar-refractivity contribution >= 4 is 28.2 Å². The summed E-state index contributed by atoms with van der Waals surface area (Å²) in [5, 5.41) is 21.5. The normalized spacial score (nSPS) is 13.4. The molecule has 1 aromatic carbocycles. The Balaban J connectivity index is 1.65. The van der Waals surface area contributed by atoms with Crippen molar-refractivity contribution in [1.82, 2.24) is 0 Å². The molecule has 0 saturated carbocycles. The minimum absolute atomic E-state index is 0.0695. The fourth-order valence-electron chi connectivity index (χ4n) is 3.75. The van der Waals surface area contributed by atoms with Gasteiger partial charge in [0.1, 0.15) is 22.6 Å². The van der Waals surface area contributed by atoms with Gasteiger partial charge in [-0.05, 0) is 68.9 Å². The standard InChI is InChI=1S/C22H19N3O3S/c1-13-9-14(2)19(25(26)27)10-17(13)20-8-7-15(28-20)12-24-22-18(11-23)16-5-3-4-6-21(16)29-22/h7-10,12H,3-6H2,1-2H3/b24-12+. The Hall–Kier alpha value is -3.24. The van der Waals surface area contributed by atoms with Crippen molar-refractivity contribution < 1.29 is 9.34 Å². The highest BCUT2D eigenvalue weighted by Gasteiger charge is 2.20. The molecule has 2 heterocycles. The lowest BCUT2D eigenvalue weighted by Gasteiger charge is -2.09. The summed E-state index contributed by atoms with van der Waals surface area (Å²) >= 11 is 1.58. The average Bonchev–Trinajstić information content (AvgIpc) is 3.30. The van der Waals surface area contributed by atoms with Crippen LogP contribution in [-0.2, 0) is 12.8 Å². The quantitative estimate of drug-likeness (QED) is 0.301. The predicted octanol–water partition coefficient (Wildman–Crippen LogP) is 6.03. The summed E-state index contributed by atoms with van der Waals surface area (Å²) in [7, 11) is 0. The monoisotopic (exact) mass is 405 g/mol. The average molecular weight is 405 g/mol. The smallest absolute Gasteiger partial charge is 0.273 e. The van der Waals surface area contributed by atoms with Crippen LogP contribution in [-0.4, -0.2) is 11.1 Å². The molecule has 0 spiro atoms. The predicted molar refractivity (Wildman–Crippen MR) is 113 cm³/mol. The topological polar surface area (TPSA) is 92.4 Å². The number of thiophene rings is 1. The number of nitriles is 1. The summed E-state index contributed by atoms with van der Waals surface area (Å²) in [5.41, 5.74) is 4.11. The third-order valence-corrected chi connectivity index (χ3v) is 6.41. The van der Waals surface area contributed by atoms with Gasteiger partial charge in [-0.2, -0.15) is 5.26 Å². The Bertz CT molecular complexity index is 1180. The molecule has 4 rings (SSSR count). The first-order chi connectivity index (χ1) is 14.0. The molecular weight excluding hydrogens is 386 g/mol. The summed E-state index contributed by atoms with van der Waals surface area (Å²) in [4.78, 5) is 16.6. The molecule has 146 valence electrons. The number of aryl methyl sites for hydroxylation is 3. The molecule has 0 aliphatic heterocycles. The molecule has 0 bridgehead atoms. The highest BCUT2D eigenvalue weighted by atomic mass is 32.1. The van der Waals surface area contributed by atoms with Crippen molar-refractivity contribution in [1.29, 1.82) is 5.26 Å². The molecule has 0 radical (unpaired) electrons. The first kappa shape index (κ1) is 19.1. The number of nitro groups is 1. The van der Waals surface area contributed by atoms with Crippen LogP contribution in [0.25, 0.3) is 11.3 Å². The van der Waals surface area contributed by atoms with Crippen LogP contribution in [0, 0.1) is 35.3 Å². The van der Waals surface area contributed by atoms with Crippen LogP contribution in [0.5, 0.6) is 0 Å². The van der Waals surface area contributed by atoms with Gasteiger partial charge in [0.15, 0.2) is 0 Å². The minimum Gasteiger partial charge on any atom is -0.455 e. The van der Waals surface area contributed by atoms with Crippen LogP contribution in [0.2, 0.25) is 0 Å². The van der Waals surface area contributed by atoms with Crippen molar-refractivity contribution in [3.05, 3.63) is 67.3 Å². The van der Waals surface area contributed by atoms with E-state index in [1.807, 2.05) is 6.92 Å². The van der Waals surface area contributed by atoms with Gasteiger partial charge in [0.2, 0.25) is 0 Å². The van der Waals surface area contributed by atoms with Gasteiger partial charge >= 0.3 is 0 Å². The van der Waals surface area contributed by atoms with Crippen LogP contribution in [0.1, 0.15) is 45.7 Å². The number of hydrogen-bond acceptors (Lipinski definition) is 6. The summed E-state index contributed by atoms with van der Waals surface area (Å²) in [5.74, 6) is 1.09. The third kappa shape index (κ3) is 3.59. The third-order valence-electron chi connectivity index (χ3n) is 5.21. The number of nitrogens with zero attached hydrogens (tertiary/aromatic N) is 3. The summed E-state index contributed by atoms with van der Waals surface area (Å²) < 4.78 is 5.87. The van der Waals surface area contributed by atoms with E-state index < -0.39 is 0 Å². The molecular formula is C22H19N3O3S. The van der Waals surface area contributed by atoms with E-state index in [4.69, 9.17) is 4.42 Å². The zero-order chi connectivity index (χ0) is 20.5. The van der Waals surface area contributed by atoms with E-state index in [-0.39, 0.29) is 10.6 Å². The van der Waals surface area contributed by atoms with E-state index in [0.29, 0.717) is 28.2 Å². The number of rotatable bonds is 4. The van der Waals surface area contributed by atoms with Crippen LogP contribution >= 0.6 is 11.3 Å². The Morgan fingerprint density at radius 1 is 1.24 bits per heavy atom. The molecule has 0 amide bonds. The number of hydrogen-bond donors (Lipinski definition) is 0. The molecule has 1 aliphatic carbocycles. The molecule has 1 aliphatic rings. The van der Waals surface area contributed by atoms with Gasteiger partial charge in [-0.15, -0.1) is 11.3 Å². The summed E-state index contributed by atoms with van der Waals surface area (Å²) in [6.07, 6.45) is 5.84. The van der Waals surface area contributed by atoms with E-state index in [2.05, 4.69) is 11.1 Å². The molecule has 7 heteroatoms. The molecule has 0 atom stereocenters. The first-order valence-electron chi connectivity index (χ1n) is 9.42. The van der Waals surface area contributed by atoms with Crippen molar-refractivity contribution in [3.8, 4) is 17.4 Å². The highest BCUT2D eigenvalue weighted by Crippen LogP contribution is 2.39. The number of nitro benzene ring substituents is 1. The van der Waals surface area contributed by atoms with Crippen molar-refractivity contribution in [2.24, 2.45) is 4.99 Å². The second kappa shape index (κ2) is 7.64. The van der Waals surface area contributed by atoms with Gasteiger partial charge < -0.3 is 4.42 Å². The molecule has 2 aromatic heterocycles. The molecule has 0 N–H and O–H groups in total. The zero-order valence-electron chi connectivity index (χ0n) is 16.2. The molecule has 6 nitrogen and oxygen atoms in total. The number of aliphatic imine (C=N–C) groups is 1. The van der Waals surface area contributed by atoms with E-state index in [9.17, 15) is 15.4 Å². The second-order valence-corrected chi connectivity index (χ2v) is 8.26. The Labute approximate surface area is 172 Å². The second-order valence-electron chi connectivity index (χ2n) is 7.17. The largest absolute Gasteiger partial charge is 0.455 e. The minimum atomic E-state index is -0.383. The van der Waals surface area contributed by atoms with Crippen LogP contribution < -0.4 is 0 Å². The zero-order valence-corrected chi connectivity index (χ0v) is 17.0. The van der Waals surface area contributed by atoms with Gasteiger partial charge in [-0.25, -0.2) is 4.99 Å². The number of furan rings is 1. The lowest BCUT2D eigenvalue weighted by molar-refractivity contribution is -0.385. The molecule has 0 unspecified atom stereocenters. The number of benzene rings is 1. The van der Waals surface area contributed by atoms with E-state index in [0.717, 1.165) is 41.8 Å². The maximum Gasteiger partial charge on any atom is 0.273 e. The van der Waals surface area contributed by atoms with E-state index in [1.165, 1.54) is 4.88 Å². The van der Waals surface area contributed by atoms with E-state index in [1.54, 1.807) is 48.7 Å². The highest BCUT2D eigenvalue weighted by molar-refractivity contribution is 7.16. The SMILES string of the molecule is Cc1cc(C)c([N+](=O)[O-])cc1-c1ccc(/C=N/c2sc3c(c2C#N)CCCC3)o1. The Kier molecular flexibility index (Phi) is 5.03. The number of fused-ring (bicyclic) bond motifs is 1. The van der Waals surface area contributed by atoms with E-state index >= 15 is 0 Å².